The van der Waals surface area contributed by atoms with Gasteiger partial charge >= 0.3 is 5.97 Å². The summed E-state index contributed by atoms with van der Waals surface area (Å²) in [5, 5.41) is 0. The highest BCUT2D eigenvalue weighted by atomic mass is 32.2. The van der Waals surface area contributed by atoms with Crippen LogP contribution in [0.5, 0.6) is 0 Å². The van der Waals surface area contributed by atoms with Crippen LogP contribution in [0.15, 0.2) is 12.1 Å². The van der Waals surface area contributed by atoms with Gasteiger partial charge in [-0.1, -0.05) is 0 Å². The summed E-state index contributed by atoms with van der Waals surface area (Å²) < 4.78 is 55.4. The Bertz CT molecular complexity index is 566. The molecule has 0 saturated carbocycles. The zero-order chi connectivity index (χ0) is 14.6. The zero-order valence-corrected chi connectivity index (χ0v) is 10.8. The first-order valence-corrected chi connectivity index (χ1v) is 6.72. The van der Waals surface area contributed by atoms with E-state index in [-0.39, 0.29) is 5.69 Å². The molecule has 0 aliphatic carbocycles. The number of benzene rings is 1. The minimum atomic E-state index is -3.99. The van der Waals surface area contributed by atoms with Crippen LogP contribution in [0.2, 0.25) is 0 Å². The molecular weight excluding hydrogens is 282 g/mol. The van der Waals surface area contributed by atoms with E-state index >= 15 is 0 Å². The lowest BCUT2D eigenvalue weighted by molar-refractivity contribution is -0.140. The van der Waals surface area contributed by atoms with Gasteiger partial charge in [0.05, 0.1) is 25.0 Å². The maximum absolute atomic E-state index is 13.4. The molecule has 0 aromatic heterocycles. The van der Waals surface area contributed by atoms with Crippen LogP contribution in [0.1, 0.15) is 6.42 Å². The van der Waals surface area contributed by atoms with Crippen LogP contribution in [0.4, 0.5) is 20.2 Å². The molecule has 0 aliphatic rings. The molecule has 19 heavy (non-hydrogen) atoms. The number of nitrogens with one attached hydrogen (secondary N) is 1. The van der Waals surface area contributed by atoms with Gasteiger partial charge in [0.2, 0.25) is 10.0 Å². The van der Waals surface area contributed by atoms with Gasteiger partial charge in [-0.05, 0) is 6.07 Å². The Morgan fingerprint density at radius 2 is 2.05 bits per heavy atom. The third-order valence-electron chi connectivity index (χ3n) is 2.15. The SMILES string of the molecule is COC(=O)CCS(=O)(=O)Nc1c(N)cc(F)cc1F. The number of nitrogens with two attached hydrogens (primary N) is 1. The van der Waals surface area contributed by atoms with Crippen LogP contribution in [-0.4, -0.2) is 27.2 Å². The van der Waals surface area contributed by atoms with Gasteiger partial charge in [-0.3, -0.25) is 9.52 Å². The maximum Gasteiger partial charge on any atom is 0.306 e. The van der Waals surface area contributed by atoms with Gasteiger partial charge in [-0.15, -0.1) is 0 Å². The van der Waals surface area contributed by atoms with E-state index < -0.39 is 45.5 Å². The number of halogens is 2. The number of hydrogen-bond donors (Lipinski definition) is 2. The Balaban J connectivity index is 2.87. The average Bonchev–Trinajstić information content (AvgIpc) is 2.31. The summed E-state index contributed by atoms with van der Waals surface area (Å²) in [6.45, 7) is 0. The number of hydrogen-bond acceptors (Lipinski definition) is 5. The summed E-state index contributed by atoms with van der Waals surface area (Å²) in [5.41, 5.74) is 4.37. The van der Waals surface area contributed by atoms with Crippen molar-refractivity contribution in [2.75, 3.05) is 23.3 Å². The number of sulfonamides is 1. The van der Waals surface area contributed by atoms with E-state index in [1.54, 1.807) is 0 Å². The Morgan fingerprint density at radius 1 is 1.42 bits per heavy atom. The van der Waals surface area contributed by atoms with Crippen LogP contribution >= 0.6 is 0 Å². The predicted octanol–water partition coefficient (Wildman–Crippen LogP) is 0.852. The fraction of sp³-hybridized carbons (Fsp3) is 0.300. The van der Waals surface area contributed by atoms with Gasteiger partial charge in [-0.25, -0.2) is 17.2 Å². The highest BCUT2D eigenvalue weighted by Crippen LogP contribution is 2.24. The van der Waals surface area contributed by atoms with Gasteiger partial charge in [0.15, 0.2) is 5.82 Å². The molecule has 3 N–H and O–H groups in total. The summed E-state index contributed by atoms with van der Waals surface area (Å²) in [7, 11) is -2.88. The molecule has 0 bridgehead atoms. The van der Waals surface area contributed by atoms with Gasteiger partial charge in [0.1, 0.15) is 11.5 Å². The molecule has 0 atom stereocenters. The van der Waals surface area contributed by atoms with Crippen LogP contribution in [0, 0.1) is 11.6 Å². The molecule has 1 aromatic rings. The van der Waals surface area contributed by atoms with Gasteiger partial charge in [-0.2, -0.15) is 0 Å². The Morgan fingerprint density at radius 3 is 2.58 bits per heavy atom. The summed E-state index contributed by atoms with van der Waals surface area (Å²) in [4.78, 5) is 10.8. The number of carbonyl (C=O) groups excluding carboxylic acids is 1. The summed E-state index contributed by atoms with van der Waals surface area (Å²) in [6.07, 6.45) is -0.394. The molecule has 0 fully saturated rings. The van der Waals surface area contributed by atoms with Crippen molar-refractivity contribution >= 4 is 27.4 Å². The molecule has 0 unspecified atom stereocenters. The molecular formula is C10H12F2N2O4S. The van der Waals surface area contributed by atoms with Crippen LogP contribution in [0.25, 0.3) is 0 Å². The zero-order valence-electron chi connectivity index (χ0n) is 9.94. The van der Waals surface area contributed by atoms with Crippen LogP contribution < -0.4 is 10.5 Å². The van der Waals surface area contributed by atoms with Crippen molar-refractivity contribution in [3.63, 3.8) is 0 Å². The first-order valence-electron chi connectivity index (χ1n) is 5.07. The Hall–Kier alpha value is -1.90. The smallest absolute Gasteiger partial charge is 0.306 e. The minimum absolute atomic E-state index is 0.390. The lowest BCUT2D eigenvalue weighted by Crippen LogP contribution is -2.21. The van der Waals surface area contributed by atoms with E-state index in [0.717, 1.165) is 13.2 Å². The van der Waals surface area contributed by atoms with Crippen molar-refractivity contribution in [1.82, 2.24) is 0 Å². The van der Waals surface area contributed by atoms with Gasteiger partial charge in [0, 0.05) is 6.07 Å². The second kappa shape index (κ2) is 5.83. The van der Waals surface area contributed by atoms with E-state index in [4.69, 9.17) is 5.73 Å². The number of nitrogen functional groups attached to an aromatic ring is 1. The van der Waals surface area contributed by atoms with Gasteiger partial charge < -0.3 is 10.5 Å². The molecule has 106 valence electrons. The highest BCUT2D eigenvalue weighted by molar-refractivity contribution is 7.92. The summed E-state index contributed by atoms with van der Waals surface area (Å²) in [5.74, 6) is -3.39. The first kappa shape index (κ1) is 15.2. The Kier molecular flexibility index (Phi) is 4.65. The third-order valence-corrected chi connectivity index (χ3v) is 3.40. The molecule has 0 radical (unpaired) electrons. The topological polar surface area (TPSA) is 98.5 Å². The predicted molar refractivity (Wildman–Crippen MR) is 64.8 cm³/mol. The molecule has 9 heteroatoms. The number of rotatable bonds is 5. The second-order valence-corrected chi connectivity index (χ2v) is 5.44. The average molecular weight is 294 g/mol. The fourth-order valence-electron chi connectivity index (χ4n) is 1.23. The molecule has 0 aliphatic heterocycles. The molecule has 0 saturated heterocycles. The molecule has 0 heterocycles. The second-order valence-electron chi connectivity index (χ2n) is 3.60. The van der Waals surface area contributed by atoms with E-state index in [0.29, 0.717) is 6.07 Å². The van der Waals surface area contributed by atoms with Crippen molar-refractivity contribution in [3.05, 3.63) is 23.8 Å². The number of methoxy groups -OCH3 is 1. The van der Waals surface area contributed by atoms with E-state index in [1.807, 2.05) is 4.72 Å². The van der Waals surface area contributed by atoms with Crippen molar-refractivity contribution in [2.45, 2.75) is 6.42 Å². The number of esters is 1. The van der Waals surface area contributed by atoms with E-state index in [9.17, 15) is 22.0 Å². The van der Waals surface area contributed by atoms with Crippen LogP contribution in [0.3, 0.4) is 0 Å². The van der Waals surface area contributed by atoms with Crippen molar-refractivity contribution in [1.29, 1.82) is 0 Å². The standard InChI is InChI=1S/C10H12F2N2O4S/c1-18-9(15)2-3-19(16,17)14-10-7(12)4-6(11)5-8(10)13/h4-5,14H,2-3,13H2,1H3. The fourth-order valence-corrected chi connectivity index (χ4v) is 2.29. The largest absolute Gasteiger partial charge is 0.469 e. The van der Waals surface area contributed by atoms with Crippen molar-refractivity contribution < 1.29 is 26.7 Å². The number of anilines is 2. The quantitative estimate of drug-likeness (QED) is 0.619. The highest BCUT2D eigenvalue weighted by Gasteiger charge is 2.18. The molecule has 1 aromatic carbocycles. The Labute approximate surface area is 108 Å². The monoisotopic (exact) mass is 294 g/mol. The van der Waals surface area contributed by atoms with E-state index in [1.165, 1.54) is 0 Å². The lowest BCUT2D eigenvalue weighted by atomic mass is 10.2. The summed E-state index contributed by atoms with van der Waals surface area (Å²) >= 11 is 0. The number of carbonyl (C=O) groups is 1. The van der Waals surface area contributed by atoms with Crippen molar-refractivity contribution in [2.24, 2.45) is 0 Å². The normalized spacial score (nSPS) is 11.1. The summed E-state index contributed by atoms with van der Waals surface area (Å²) in [6, 6.07) is 1.27. The van der Waals surface area contributed by atoms with Gasteiger partial charge in [0.25, 0.3) is 0 Å². The minimum Gasteiger partial charge on any atom is -0.469 e. The van der Waals surface area contributed by atoms with E-state index in [2.05, 4.69) is 4.74 Å². The molecule has 1 rings (SSSR count). The first-order chi connectivity index (χ1) is 8.75. The lowest BCUT2D eigenvalue weighted by Gasteiger charge is -2.11. The third kappa shape index (κ3) is 4.36. The van der Waals surface area contributed by atoms with Crippen molar-refractivity contribution in [3.8, 4) is 0 Å². The van der Waals surface area contributed by atoms with Crippen LogP contribution in [-0.2, 0) is 19.6 Å². The molecule has 0 spiro atoms. The molecule has 0 amide bonds. The number of ether oxygens (including phenoxy) is 1. The molecule has 6 nitrogen and oxygen atoms in total. The maximum atomic E-state index is 13.4.